The molecule has 6 nitrogen and oxygen atoms in total. The van der Waals surface area contributed by atoms with Gasteiger partial charge in [0.1, 0.15) is 11.9 Å². The summed E-state index contributed by atoms with van der Waals surface area (Å²) in [4.78, 5) is 27.3. The Hall–Kier alpha value is -2.93. The minimum absolute atomic E-state index is 0.0612. The molecular weight excluding hydrogens is 397 g/mol. The van der Waals surface area contributed by atoms with Gasteiger partial charge in [-0.05, 0) is 80.2 Å². The molecule has 2 fully saturated rings. The molecule has 2 aromatic rings. The highest BCUT2D eigenvalue weighted by Crippen LogP contribution is 2.25. The molecule has 2 aromatic carbocycles. The molecule has 2 saturated heterocycles. The number of piperidine rings is 1. The van der Waals surface area contributed by atoms with Crippen molar-refractivity contribution in [3.05, 3.63) is 59.9 Å². The highest BCUT2D eigenvalue weighted by molar-refractivity contribution is 5.89. The second kappa shape index (κ2) is 9.47. The number of cyclic esters (lactones) is 1. The van der Waals surface area contributed by atoms with Crippen LogP contribution in [0, 0.1) is 11.7 Å². The average Bonchev–Trinajstić information content (AvgIpc) is 3.11. The van der Waals surface area contributed by atoms with E-state index in [0.717, 1.165) is 44.6 Å². The summed E-state index contributed by atoms with van der Waals surface area (Å²) in [6.07, 6.45) is 2.71. The minimum atomic E-state index is -0.366. The lowest BCUT2D eigenvalue weighted by molar-refractivity contribution is -0.114. The summed E-state index contributed by atoms with van der Waals surface area (Å²) in [7, 11) is 0. The highest BCUT2D eigenvalue weighted by Gasteiger charge is 2.34. The van der Waals surface area contributed by atoms with Crippen molar-refractivity contribution in [2.75, 3.05) is 36.4 Å². The van der Waals surface area contributed by atoms with Gasteiger partial charge in [-0.2, -0.15) is 0 Å². The smallest absolute Gasteiger partial charge is 0.414 e. The zero-order valence-corrected chi connectivity index (χ0v) is 17.7. The Morgan fingerprint density at radius 3 is 2.42 bits per heavy atom. The molecule has 2 heterocycles. The molecule has 0 saturated carbocycles. The third-order valence-electron chi connectivity index (χ3n) is 5.98. The van der Waals surface area contributed by atoms with Gasteiger partial charge in [-0.3, -0.25) is 14.6 Å². The molecule has 0 unspecified atom stereocenters. The highest BCUT2D eigenvalue weighted by atomic mass is 19.1. The van der Waals surface area contributed by atoms with Crippen LogP contribution in [0.5, 0.6) is 0 Å². The Kier molecular flexibility index (Phi) is 6.51. The molecule has 0 spiro atoms. The lowest BCUT2D eigenvalue weighted by Crippen LogP contribution is -2.40. The third-order valence-corrected chi connectivity index (χ3v) is 5.98. The molecule has 1 N–H and O–H groups in total. The molecule has 0 radical (unpaired) electrons. The number of hydrogen-bond acceptors (Lipinski definition) is 4. The van der Waals surface area contributed by atoms with Crippen LogP contribution in [0.1, 0.15) is 25.3 Å². The van der Waals surface area contributed by atoms with Gasteiger partial charge in [0.2, 0.25) is 5.91 Å². The van der Waals surface area contributed by atoms with E-state index in [4.69, 9.17) is 4.74 Å². The first-order valence-corrected chi connectivity index (χ1v) is 10.8. The lowest BCUT2D eigenvalue weighted by atomic mass is 9.90. The molecule has 7 heteroatoms. The summed E-state index contributed by atoms with van der Waals surface area (Å²) in [5.74, 6) is 0.248. The number of carbonyl (C=O) groups is 2. The van der Waals surface area contributed by atoms with Gasteiger partial charge in [0.15, 0.2) is 0 Å². The van der Waals surface area contributed by atoms with E-state index in [1.807, 2.05) is 12.1 Å². The van der Waals surface area contributed by atoms with Crippen LogP contribution in [0.25, 0.3) is 0 Å². The first kappa shape index (κ1) is 21.3. The number of rotatable bonds is 6. The van der Waals surface area contributed by atoms with Gasteiger partial charge in [-0.25, -0.2) is 9.18 Å². The van der Waals surface area contributed by atoms with Crippen molar-refractivity contribution in [2.45, 2.75) is 32.3 Å². The number of amides is 2. The van der Waals surface area contributed by atoms with Crippen LogP contribution < -0.4 is 10.2 Å². The van der Waals surface area contributed by atoms with Crippen molar-refractivity contribution in [2.24, 2.45) is 5.92 Å². The van der Waals surface area contributed by atoms with E-state index in [2.05, 4.69) is 22.3 Å². The van der Waals surface area contributed by atoms with E-state index in [1.165, 1.54) is 24.6 Å². The number of ether oxygens (including phenoxy) is 1. The fraction of sp³-hybridized carbons (Fsp3) is 0.417. The average molecular weight is 426 g/mol. The zero-order chi connectivity index (χ0) is 21.8. The number of likely N-dealkylation sites (tertiary alicyclic amines) is 1. The maximum absolute atomic E-state index is 13.1. The van der Waals surface area contributed by atoms with Crippen LogP contribution in [0.15, 0.2) is 48.5 Å². The molecule has 4 rings (SSSR count). The summed E-state index contributed by atoms with van der Waals surface area (Å²) in [5.41, 5.74) is 2.77. The molecule has 2 amide bonds. The summed E-state index contributed by atoms with van der Waals surface area (Å²) >= 11 is 0. The number of nitrogens with zero attached hydrogens (tertiary/aromatic N) is 2. The predicted molar refractivity (Wildman–Crippen MR) is 118 cm³/mol. The van der Waals surface area contributed by atoms with Crippen molar-refractivity contribution in [3.63, 3.8) is 0 Å². The maximum atomic E-state index is 13.1. The summed E-state index contributed by atoms with van der Waals surface area (Å²) in [6.45, 7) is 4.69. The Morgan fingerprint density at radius 1 is 1.10 bits per heavy atom. The van der Waals surface area contributed by atoms with E-state index in [0.29, 0.717) is 18.2 Å². The van der Waals surface area contributed by atoms with Gasteiger partial charge in [0.05, 0.1) is 6.54 Å². The normalized spacial score (nSPS) is 20.0. The minimum Gasteiger partial charge on any atom is -0.443 e. The fourth-order valence-electron chi connectivity index (χ4n) is 4.37. The topological polar surface area (TPSA) is 61.9 Å². The van der Waals surface area contributed by atoms with Crippen molar-refractivity contribution < 1.29 is 18.7 Å². The number of halogens is 1. The maximum Gasteiger partial charge on any atom is 0.414 e. The first-order valence-electron chi connectivity index (χ1n) is 10.8. The molecule has 2 aliphatic rings. The van der Waals surface area contributed by atoms with Gasteiger partial charge >= 0.3 is 6.09 Å². The zero-order valence-electron chi connectivity index (χ0n) is 17.7. The molecule has 2 aliphatic heterocycles. The Bertz CT molecular complexity index is 909. The Morgan fingerprint density at radius 2 is 1.77 bits per heavy atom. The van der Waals surface area contributed by atoms with E-state index in [9.17, 15) is 14.0 Å². The van der Waals surface area contributed by atoms with Crippen LogP contribution >= 0.6 is 0 Å². The lowest BCUT2D eigenvalue weighted by Gasteiger charge is -2.33. The van der Waals surface area contributed by atoms with Gasteiger partial charge in [0.25, 0.3) is 0 Å². The molecular formula is C24H28FN3O3. The monoisotopic (exact) mass is 425 g/mol. The van der Waals surface area contributed by atoms with Crippen molar-refractivity contribution in [3.8, 4) is 0 Å². The summed E-state index contributed by atoms with van der Waals surface area (Å²) in [6, 6.07) is 14.0. The van der Waals surface area contributed by atoms with Crippen molar-refractivity contribution in [1.82, 2.24) is 4.90 Å². The second-order valence-corrected chi connectivity index (χ2v) is 8.42. The van der Waals surface area contributed by atoms with E-state index in [1.54, 1.807) is 17.0 Å². The molecule has 31 heavy (non-hydrogen) atoms. The standard InChI is InChI=1S/C24H28FN3O3/c1-17(29)26-21-6-2-18(3-7-21)14-19-10-12-27(13-11-19)15-23-16-28(24(30)31-23)22-8-4-20(25)5-9-22/h2-9,19,23H,10-16H2,1H3,(H,26,29)/t23-/m0/s1. The van der Waals surface area contributed by atoms with E-state index >= 15 is 0 Å². The van der Waals surface area contributed by atoms with Gasteiger partial charge in [-0.15, -0.1) is 0 Å². The van der Waals surface area contributed by atoms with E-state index in [-0.39, 0.29) is 23.9 Å². The van der Waals surface area contributed by atoms with Crippen molar-refractivity contribution in [1.29, 1.82) is 0 Å². The Balaban J connectivity index is 1.23. The van der Waals surface area contributed by atoms with Crippen LogP contribution in [-0.2, 0) is 16.0 Å². The molecule has 164 valence electrons. The quantitative estimate of drug-likeness (QED) is 0.758. The van der Waals surface area contributed by atoms with Gasteiger partial charge < -0.3 is 10.1 Å². The summed E-state index contributed by atoms with van der Waals surface area (Å²) in [5, 5.41) is 2.79. The van der Waals surface area contributed by atoms with Gasteiger partial charge in [-0.1, -0.05) is 12.1 Å². The second-order valence-electron chi connectivity index (χ2n) is 8.42. The number of anilines is 2. The van der Waals surface area contributed by atoms with Crippen LogP contribution in [0.2, 0.25) is 0 Å². The first-order chi connectivity index (χ1) is 15.0. The number of nitrogens with one attached hydrogen (secondary N) is 1. The predicted octanol–water partition coefficient (Wildman–Crippen LogP) is 4.06. The Labute approximate surface area is 182 Å². The largest absolute Gasteiger partial charge is 0.443 e. The number of carbonyl (C=O) groups excluding carboxylic acids is 2. The van der Waals surface area contributed by atoms with Crippen LogP contribution in [0.3, 0.4) is 0 Å². The van der Waals surface area contributed by atoms with Crippen LogP contribution in [-0.4, -0.2) is 49.2 Å². The van der Waals surface area contributed by atoms with Crippen molar-refractivity contribution >= 4 is 23.4 Å². The molecule has 0 bridgehead atoms. The molecule has 0 aliphatic carbocycles. The third kappa shape index (κ3) is 5.61. The number of hydrogen-bond donors (Lipinski definition) is 1. The fourth-order valence-corrected chi connectivity index (χ4v) is 4.37. The summed E-state index contributed by atoms with van der Waals surface area (Å²) < 4.78 is 18.7. The number of benzene rings is 2. The van der Waals surface area contributed by atoms with Gasteiger partial charge in [0, 0.05) is 24.8 Å². The van der Waals surface area contributed by atoms with E-state index < -0.39 is 0 Å². The molecule has 0 aromatic heterocycles. The van der Waals surface area contributed by atoms with Crippen LogP contribution in [0.4, 0.5) is 20.6 Å². The SMILES string of the molecule is CC(=O)Nc1ccc(CC2CCN(C[C@H]3CN(c4ccc(F)cc4)C(=O)O3)CC2)cc1. The molecule has 1 atom stereocenters.